The van der Waals surface area contributed by atoms with Gasteiger partial charge in [0.1, 0.15) is 11.6 Å². The number of nitrogens with zero attached hydrogens (tertiary/aromatic N) is 1. The standard InChI is InChI=1S/C15H12BrFN2O2/c16-13-6-1-2-7-14(13)21-10-15(20)19-18-9-11-4-3-5-12(17)8-11/h1-9H,10H2,(H,19,20)/b18-9+. The Hall–Kier alpha value is -2.21. The van der Waals surface area contributed by atoms with E-state index in [0.717, 1.165) is 4.47 Å². The summed E-state index contributed by atoms with van der Waals surface area (Å²) in [6.45, 7) is -0.164. The topological polar surface area (TPSA) is 50.7 Å². The van der Waals surface area contributed by atoms with Crippen LogP contribution in [0.15, 0.2) is 58.1 Å². The van der Waals surface area contributed by atoms with Crippen LogP contribution in [-0.4, -0.2) is 18.7 Å². The molecule has 0 saturated carbocycles. The smallest absolute Gasteiger partial charge is 0.277 e. The molecule has 6 heteroatoms. The molecule has 1 amide bonds. The monoisotopic (exact) mass is 350 g/mol. The number of para-hydroxylation sites is 1. The summed E-state index contributed by atoms with van der Waals surface area (Å²) in [4.78, 5) is 11.5. The van der Waals surface area contributed by atoms with E-state index in [9.17, 15) is 9.18 Å². The maximum absolute atomic E-state index is 12.9. The van der Waals surface area contributed by atoms with Crippen molar-refractivity contribution in [2.24, 2.45) is 5.10 Å². The molecule has 4 nitrogen and oxygen atoms in total. The first-order valence-corrected chi connectivity index (χ1v) is 6.89. The Bertz CT molecular complexity index is 662. The van der Waals surface area contributed by atoms with Crippen molar-refractivity contribution in [3.05, 3.63) is 64.4 Å². The van der Waals surface area contributed by atoms with Crippen molar-refractivity contribution in [3.63, 3.8) is 0 Å². The Balaban J connectivity index is 1.81. The average molecular weight is 351 g/mol. The molecule has 0 aliphatic heterocycles. The quantitative estimate of drug-likeness (QED) is 0.665. The van der Waals surface area contributed by atoms with Gasteiger partial charge in [0, 0.05) is 0 Å². The number of halogens is 2. The Morgan fingerprint density at radius 3 is 2.86 bits per heavy atom. The minimum absolute atomic E-state index is 0.164. The van der Waals surface area contributed by atoms with E-state index in [1.165, 1.54) is 18.3 Å². The molecule has 1 N–H and O–H groups in total. The molecule has 21 heavy (non-hydrogen) atoms. The van der Waals surface area contributed by atoms with E-state index in [1.807, 2.05) is 12.1 Å². The molecule has 2 aromatic rings. The minimum atomic E-state index is -0.404. The Labute approximate surface area is 129 Å². The van der Waals surface area contributed by atoms with Crippen LogP contribution in [0.25, 0.3) is 0 Å². The fourth-order valence-electron chi connectivity index (χ4n) is 1.50. The maximum atomic E-state index is 12.9. The van der Waals surface area contributed by atoms with Crippen molar-refractivity contribution in [2.75, 3.05) is 6.61 Å². The molecule has 108 valence electrons. The highest BCUT2D eigenvalue weighted by atomic mass is 79.9. The molecule has 0 saturated heterocycles. The molecule has 0 atom stereocenters. The molecule has 0 aliphatic rings. The lowest BCUT2D eigenvalue weighted by Gasteiger charge is -2.06. The fourth-order valence-corrected chi connectivity index (χ4v) is 1.90. The number of benzene rings is 2. The van der Waals surface area contributed by atoms with Gasteiger partial charge in [-0.05, 0) is 45.8 Å². The van der Waals surface area contributed by atoms with Crippen molar-refractivity contribution < 1.29 is 13.9 Å². The van der Waals surface area contributed by atoms with Crippen molar-refractivity contribution in [1.29, 1.82) is 0 Å². The molecule has 0 unspecified atom stereocenters. The number of ether oxygens (including phenoxy) is 1. The van der Waals surface area contributed by atoms with Gasteiger partial charge in [-0.15, -0.1) is 0 Å². The van der Waals surface area contributed by atoms with Gasteiger partial charge in [0.25, 0.3) is 5.91 Å². The van der Waals surface area contributed by atoms with Crippen LogP contribution in [0.4, 0.5) is 4.39 Å². The highest BCUT2D eigenvalue weighted by molar-refractivity contribution is 9.10. The van der Waals surface area contributed by atoms with Crippen molar-refractivity contribution in [2.45, 2.75) is 0 Å². The van der Waals surface area contributed by atoms with E-state index in [4.69, 9.17) is 4.74 Å². The first-order chi connectivity index (χ1) is 10.1. The third-order valence-corrected chi connectivity index (χ3v) is 3.10. The van der Waals surface area contributed by atoms with Gasteiger partial charge in [-0.25, -0.2) is 9.82 Å². The normalized spacial score (nSPS) is 10.6. The van der Waals surface area contributed by atoms with Crippen LogP contribution >= 0.6 is 15.9 Å². The van der Waals surface area contributed by atoms with Gasteiger partial charge >= 0.3 is 0 Å². The summed E-state index contributed by atoms with van der Waals surface area (Å²) in [7, 11) is 0. The van der Waals surface area contributed by atoms with Crippen LogP contribution in [0, 0.1) is 5.82 Å². The number of carbonyl (C=O) groups is 1. The number of hydrazone groups is 1. The largest absolute Gasteiger partial charge is 0.483 e. The van der Waals surface area contributed by atoms with Crippen LogP contribution in [0.5, 0.6) is 5.75 Å². The predicted molar refractivity (Wildman–Crippen MR) is 81.8 cm³/mol. The zero-order valence-electron chi connectivity index (χ0n) is 10.9. The first-order valence-electron chi connectivity index (χ1n) is 6.10. The predicted octanol–water partition coefficient (Wildman–Crippen LogP) is 3.12. The number of hydrogen-bond donors (Lipinski definition) is 1. The summed E-state index contributed by atoms with van der Waals surface area (Å²) in [6.07, 6.45) is 1.36. The fraction of sp³-hybridized carbons (Fsp3) is 0.0667. The van der Waals surface area contributed by atoms with E-state index in [2.05, 4.69) is 26.5 Å². The van der Waals surface area contributed by atoms with E-state index in [-0.39, 0.29) is 12.4 Å². The molecular weight excluding hydrogens is 339 g/mol. The number of amides is 1. The van der Waals surface area contributed by atoms with Crippen molar-refractivity contribution in [1.82, 2.24) is 5.43 Å². The van der Waals surface area contributed by atoms with Crippen molar-refractivity contribution >= 4 is 28.1 Å². The highest BCUT2D eigenvalue weighted by Gasteiger charge is 2.03. The van der Waals surface area contributed by atoms with Crippen LogP contribution < -0.4 is 10.2 Å². The van der Waals surface area contributed by atoms with Gasteiger partial charge in [-0.1, -0.05) is 24.3 Å². The van der Waals surface area contributed by atoms with Gasteiger partial charge in [0.2, 0.25) is 0 Å². The zero-order chi connectivity index (χ0) is 15.1. The van der Waals surface area contributed by atoms with E-state index in [0.29, 0.717) is 11.3 Å². The Kier molecular flexibility index (Phi) is 5.45. The average Bonchev–Trinajstić information content (AvgIpc) is 2.46. The number of carbonyl (C=O) groups excluding carboxylic acids is 1. The summed E-state index contributed by atoms with van der Waals surface area (Å²) < 4.78 is 19.0. The maximum Gasteiger partial charge on any atom is 0.277 e. The second-order valence-corrected chi connectivity index (χ2v) is 4.92. The van der Waals surface area contributed by atoms with Crippen LogP contribution in [0.3, 0.4) is 0 Å². The Morgan fingerprint density at radius 1 is 1.29 bits per heavy atom. The third-order valence-electron chi connectivity index (χ3n) is 2.45. The molecule has 0 bridgehead atoms. The van der Waals surface area contributed by atoms with Crippen LogP contribution in [0.2, 0.25) is 0 Å². The van der Waals surface area contributed by atoms with Crippen LogP contribution in [-0.2, 0) is 4.79 Å². The highest BCUT2D eigenvalue weighted by Crippen LogP contribution is 2.23. The molecule has 0 fully saturated rings. The number of rotatable bonds is 5. The lowest BCUT2D eigenvalue weighted by molar-refractivity contribution is -0.123. The summed E-state index contributed by atoms with van der Waals surface area (Å²) in [5.74, 6) is -0.192. The van der Waals surface area contributed by atoms with E-state index >= 15 is 0 Å². The molecule has 2 rings (SSSR count). The molecular formula is C15H12BrFN2O2. The van der Waals surface area contributed by atoms with E-state index in [1.54, 1.807) is 24.3 Å². The SMILES string of the molecule is O=C(COc1ccccc1Br)N/N=C/c1cccc(F)c1. The third kappa shape index (κ3) is 5.00. The zero-order valence-corrected chi connectivity index (χ0v) is 12.5. The summed E-state index contributed by atoms with van der Waals surface area (Å²) in [5, 5.41) is 3.73. The lowest BCUT2D eigenvalue weighted by atomic mass is 10.2. The van der Waals surface area contributed by atoms with Gasteiger partial charge in [0.15, 0.2) is 6.61 Å². The van der Waals surface area contributed by atoms with Crippen LogP contribution in [0.1, 0.15) is 5.56 Å². The Morgan fingerprint density at radius 2 is 2.10 bits per heavy atom. The van der Waals surface area contributed by atoms with Gasteiger partial charge < -0.3 is 4.74 Å². The summed E-state index contributed by atoms with van der Waals surface area (Å²) in [6, 6.07) is 13.1. The second-order valence-electron chi connectivity index (χ2n) is 4.07. The first kappa shape index (κ1) is 15.2. The molecule has 0 heterocycles. The number of hydrogen-bond acceptors (Lipinski definition) is 3. The lowest BCUT2D eigenvalue weighted by Crippen LogP contribution is -2.24. The molecule has 0 radical (unpaired) electrons. The number of nitrogens with one attached hydrogen (secondary N) is 1. The van der Waals surface area contributed by atoms with E-state index < -0.39 is 5.91 Å². The summed E-state index contributed by atoms with van der Waals surface area (Å²) >= 11 is 3.31. The van der Waals surface area contributed by atoms with Gasteiger partial charge in [0.05, 0.1) is 10.7 Å². The van der Waals surface area contributed by atoms with Gasteiger partial charge in [-0.3, -0.25) is 4.79 Å². The van der Waals surface area contributed by atoms with Gasteiger partial charge in [-0.2, -0.15) is 5.10 Å². The molecule has 0 spiro atoms. The second kappa shape index (κ2) is 7.54. The van der Waals surface area contributed by atoms with Crippen molar-refractivity contribution in [3.8, 4) is 5.75 Å². The summed E-state index contributed by atoms with van der Waals surface area (Å²) in [5.41, 5.74) is 2.87. The minimum Gasteiger partial charge on any atom is -0.483 e. The molecule has 0 aliphatic carbocycles. The molecule has 2 aromatic carbocycles. The molecule has 0 aromatic heterocycles.